The number of benzene rings is 2. The molecule has 5 nitrogen and oxygen atoms in total. The smallest absolute Gasteiger partial charge is 0.261 e. The molecule has 0 saturated heterocycles. The van der Waals surface area contributed by atoms with Crippen molar-refractivity contribution in [2.75, 3.05) is 14.2 Å². The maximum absolute atomic E-state index is 12.5. The van der Waals surface area contributed by atoms with E-state index in [2.05, 4.69) is 5.32 Å². The Labute approximate surface area is 148 Å². The summed E-state index contributed by atoms with van der Waals surface area (Å²) in [7, 11) is 3.20. The van der Waals surface area contributed by atoms with E-state index in [4.69, 9.17) is 14.2 Å². The number of ether oxygens (including phenoxy) is 3. The topological polar surface area (TPSA) is 56.8 Å². The van der Waals surface area contributed by atoms with E-state index in [1.807, 2.05) is 56.3 Å². The standard InChI is InChI=1S/C20H25NO4/c1-13-7-6-8-17(11-13)25-15(3)20(22)21-14(2)18-12-16(23-4)9-10-19(18)24-5/h6-12,14-15H,1-5H3,(H,21,22)/t14-,15+/m0/s1. The fourth-order valence-electron chi connectivity index (χ4n) is 2.53. The minimum Gasteiger partial charge on any atom is -0.497 e. The zero-order valence-electron chi connectivity index (χ0n) is 15.3. The van der Waals surface area contributed by atoms with Crippen LogP contribution in [0.5, 0.6) is 17.2 Å². The van der Waals surface area contributed by atoms with E-state index in [9.17, 15) is 4.79 Å². The third-order valence-corrected chi connectivity index (χ3v) is 3.93. The molecule has 2 rings (SSSR count). The lowest BCUT2D eigenvalue weighted by Crippen LogP contribution is -2.37. The highest BCUT2D eigenvalue weighted by atomic mass is 16.5. The second kappa shape index (κ2) is 8.42. The molecule has 5 heteroatoms. The quantitative estimate of drug-likeness (QED) is 0.834. The Kier molecular flexibility index (Phi) is 6.28. The molecule has 134 valence electrons. The van der Waals surface area contributed by atoms with Crippen LogP contribution in [0.25, 0.3) is 0 Å². The fourth-order valence-corrected chi connectivity index (χ4v) is 2.53. The number of amides is 1. The third-order valence-electron chi connectivity index (χ3n) is 3.93. The molecule has 0 saturated carbocycles. The Hall–Kier alpha value is -2.69. The van der Waals surface area contributed by atoms with Gasteiger partial charge in [0.05, 0.1) is 20.3 Å². The van der Waals surface area contributed by atoms with Crippen LogP contribution in [0.2, 0.25) is 0 Å². The molecule has 0 aromatic heterocycles. The first-order valence-electron chi connectivity index (χ1n) is 8.20. The molecule has 0 aliphatic carbocycles. The summed E-state index contributed by atoms with van der Waals surface area (Å²) >= 11 is 0. The zero-order chi connectivity index (χ0) is 18.4. The molecule has 0 heterocycles. The van der Waals surface area contributed by atoms with Gasteiger partial charge in [0.2, 0.25) is 0 Å². The van der Waals surface area contributed by atoms with E-state index in [1.165, 1.54) is 0 Å². The molecule has 2 aromatic rings. The lowest BCUT2D eigenvalue weighted by atomic mass is 10.1. The van der Waals surface area contributed by atoms with Gasteiger partial charge in [-0.1, -0.05) is 12.1 Å². The molecule has 2 aromatic carbocycles. The first-order valence-corrected chi connectivity index (χ1v) is 8.20. The molecule has 0 aliphatic heterocycles. The SMILES string of the molecule is COc1ccc(OC)c([C@H](C)NC(=O)[C@@H](C)Oc2cccc(C)c2)c1. The maximum atomic E-state index is 12.5. The van der Waals surface area contributed by atoms with Crippen LogP contribution in [-0.4, -0.2) is 26.2 Å². The van der Waals surface area contributed by atoms with Crippen LogP contribution in [0.15, 0.2) is 42.5 Å². The Bertz CT molecular complexity index is 729. The van der Waals surface area contributed by atoms with E-state index in [-0.39, 0.29) is 11.9 Å². The highest BCUT2D eigenvalue weighted by Crippen LogP contribution is 2.29. The van der Waals surface area contributed by atoms with Crippen LogP contribution in [0.3, 0.4) is 0 Å². The fraction of sp³-hybridized carbons (Fsp3) is 0.350. The first kappa shape index (κ1) is 18.6. The number of hydrogen-bond acceptors (Lipinski definition) is 4. The van der Waals surface area contributed by atoms with Gasteiger partial charge in [-0.2, -0.15) is 0 Å². The molecule has 0 radical (unpaired) electrons. The summed E-state index contributed by atoms with van der Waals surface area (Å²) in [5, 5.41) is 2.96. The van der Waals surface area contributed by atoms with E-state index < -0.39 is 6.10 Å². The van der Waals surface area contributed by atoms with Gasteiger partial charge < -0.3 is 19.5 Å². The first-order chi connectivity index (χ1) is 11.9. The van der Waals surface area contributed by atoms with Crippen LogP contribution in [0.1, 0.15) is 31.0 Å². The number of carbonyl (C=O) groups excluding carboxylic acids is 1. The highest BCUT2D eigenvalue weighted by molar-refractivity contribution is 5.81. The van der Waals surface area contributed by atoms with Gasteiger partial charge >= 0.3 is 0 Å². The van der Waals surface area contributed by atoms with E-state index >= 15 is 0 Å². The lowest BCUT2D eigenvalue weighted by Gasteiger charge is -2.21. The van der Waals surface area contributed by atoms with E-state index in [0.717, 1.165) is 11.1 Å². The third kappa shape index (κ3) is 4.89. The number of methoxy groups -OCH3 is 2. The Balaban J connectivity index is 2.06. The van der Waals surface area contributed by atoms with Crippen molar-refractivity contribution in [2.45, 2.75) is 32.9 Å². The minimum atomic E-state index is -0.610. The van der Waals surface area contributed by atoms with Gasteiger partial charge in [-0.25, -0.2) is 0 Å². The van der Waals surface area contributed by atoms with Crippen molar-refractivity contribution in [3.63, 3.8) is 0 Å². The van der Waals surface area contributed by atoms with Crippen molar-refractivity contribution in [1.82, 2.24) is 5.32 Å². The van der Waals surface area contributed by atoms with E-state index in [0.29, 0.717) is 17.2 Å². The average Bonchev–Trinajstić information content (AvgIpc) is 2.60. The normalized spacial score (nSPS) is 12.8. The molecule has 1 amide bonds. The van der Waals surface area contributed by atoms with Crippen LogP contribution >= 0.6 is 0 Å². The molecule has 0 bridgehead atoms. The second-order valence-electron chi connectivity index (χ2n) is 5.91. The summed E-state index contributed by atoms with van der Waals surface area (Å²) in [6.45, 7) is 5.61. The average molecular weight is 343 g/mol. The van der Waals surface area contributed by atoms with Crippen molar-refractivity contribution in [3.05, 3.63) is 53.6 Å². The van der Waals surface area contributed by atoms with Gasteiger partial charge in [0, 0.05) is 5.56 Å². The molecule has 2 atom stereocenters. The summed E-state index contributed by atoms with van der Waals surface area (Å²) in [5.41, 5.74) is 1.93. The number of hydrogen-bond donors (Lipinski definition) is 1. The largest absolute Gasteiger partial charge is 0.497 e. The van der Waals surface area contributed by atoms with Crippen molar-refractivity contribution < 1.29 is 19.0 Å². The van der Waals surface area contributed by atoms with Crippen molar-refractivity contribution in [3.8, 4) is 17.2 Å². The summed E-state index contributed by atoms with van der Waals surface area (Å²) in [5.74, 6) is 1.88. The van der Waals surface area contributed by atoms with Crippen LogP contribution in [0, 0.1) is 6.92 Å². The Morgan fingerprint density at radius 1 is 1.00 bits per heavy atom. The number of carbonyl (C=O) groups is 1. The van der Waals surface area contributed by atoms with Crippen molar-refractivity contribution >= 4 is 5.91 Å². The van der Waals surface area contributed by atoms with Crippen molar-refractivity contribution in [2.24, 2.45) is 0 Å². The molecule has 25 heavy (non-hydrogen) atoms. The van der Waals surface area contributed by atoms with Gasteiger partial charge in [-0.3, -0.25) is 4.79 Å². The molecule has 0 unspecified atom stereocenters. The second-order valence-corrected chi connectivity index (χ2v) is 5.91. The summed E-state index contributed by atoms with van der Waals surface area (Å²) < 4.78 is 16.4. The Morgan fingerprint density at radius 3 is 2.40 bits per heavy atom. The number of nitrogens with one attached hydrogen (secondary N) is 1. The zero-order valence-corrected chi connectivity index (χ0v) is 15.3. The number of rotatable bonds is 7. The highest BCUT2D eigenvalue weighted by Gasteiger charge is 2.20. The Morgan fingerprint density at radius 2 is 1.76 bits per heavy atom. The van der Waals surface area contributed by atoms with Gasteiger partial charge in [0.1, 0.15) is 17.2 Å². The molecule has 0 spiro atoms. The summed E-state index contributed by atoms with van der Waals surface area (Å²) in [6.07, 6.45) is -0.610. The maximum Gasteiger partial charge on any atom is 0.261 e. The van der Waals surface area contributed by atoms with Crippen LogP contribution in [0.4, 0.5) is 0 Å². The predicted octanol–water partition coefficient (Wildman–Crippen LogP) is 3.66. The van der Waals surface area contributed by atoms with E-state index in [1.54, 1.807) is 21.1 Å². The summed E-state index contributed by atoms with van der Waals surface area (Å²) in [6, 6.07) is 12.9. The molecule has 1 N–H and O–H groups in total. The van der Waals surface area contributed by atoms with Crippen LogP contribution in [-0.2, 0) is 4.79 Å². The predicted molar refractivity (Wildman–Crippen MR) is 97.4 cm³/mol. The minimum absolute atomic E-state index is 0.195. The van der Waals surface area contributed by atoms with Gasteiger partial charge in [-0.05, 0) is 56.7 Å². The van der Waals surface area contributed by atoms with Gasteiger partial charge in [0.25, 0.3) is 5.91 Å². The number of aryl methyl sites for hydroxylation is 1. The molecular formula is C20H25NO4. The lowest BCUT2D eigenvalue weighted by molar-refractivity contribution is -0.127. The molecule has 0 aliphatic rings. The monoisotopic (exact) mass is 343 g/mol. The molecule has 0 fully saturated rings. The van der Waals surface area contributed by atoms with Crippen molar-refractivity contribution in [1.29, 1.82) is 0 Å². The van der Waals surface area contributed by atoms with Gasteiger partial charge in [0.15, 0.2) is 6.10 Å². The molecular weight excluding hydrogens is 318 g/mol. The summed E-state index contributed by atoms with van der Waals surface area (Å²) in [4.78, 5) is 12.5. The van der Waals surface area contributed by atoms with Crippen LogP contribution < -0.4 is 19.5 Å². The van der Waals surface area contributed by atoms with Gasteiger partial charge in [-0.15, -0.1) is 0 Å².